The van der Waals surface area contributed by atoms with E-state index in [1.165, 1.54) is 4.90 Å². The van der Waals surface area contributed by atoms with E-state index >= 15 is 0 Å². The minimum atomic E-state index is -0.909. The number of carboxylic acid groups (broad SMARTS) is 1. The van der Waals surface area contributed by atoms with Gasteiger partial charge in [0.1, 0.15) is 6.04 Å². The molecule has 1 atom stereocenters. The predicted molar refractivity (Wildman–Crippen MR) is 64.1 cm³/mol. The van der Waals surface area contributed by atoms with E-state index in [0.717, 1.165) is 24.2 Å². The summed E-state index contributed by atoms with van der Waals surface area (Å²) in [6.45, 7) is 5.58. The summed E-state index contributed by atoms with van der Waals surface area (Å²) in [7, 11) is 1.65. The average molecular weight is 238 g/mol. The van der Waals surface area contributed by atoms with Gasteiger partial charge in [-0.3, -0.25) is 0 Å². The number of hydrogen-bond acceptors (Lipinski definition) is 5. The second kappa shape index (κ2) is 5.56. The maximum atomic E-state index is 10.9. The van der Waals surface area contributed by atoms with E-state index in [1.54, 1.807) is 14.0 Å². The molecule has 1 aromatic heterocycles. The van der Waals surface area contributed by atoms with Gasteiger partial charge in [0, 0.05) is 7.05 Å². The quantitative estimate of drug-likeness (QED) is 0.821. The zero-order chi connectivity index (χ0) is 13.0. The van der Waals surface area contributed by atoms with Crippen LogP contribution in [0.1, 0.15) is 32.2 Å². The molecular weight excluding hydrogens is 220 g/mol. The van der Waals surface area contributed by atoms with Crippen LogP contribution in [0.25, 0.3) is 0 Å². The molecule has 1 heterocycles. The van der Waals surface area contributed by atoms with Gasteiger partial charge >= 0.3 is 5.97 Å². The van der Waals surface area contributed by atoms with Crippen molar-refractivity contribution >= 4 is 11.9 Å². The number of likely N-dealkylation sites (N-methyl/N-ethyl adjacent to an activating group) is 1. The Morgan fingerprint density at radius 2 is 1.88 bits per heavy atom. The van der Waals surface area contributed by atoms with Crippen molar-refractivity contribution in [2.45, 2.75) is 39.7 Å². The molecule has 0 spiro atoms. The van der Waals surface area contributed by atoms with Gasteiger partial charge in [-0.25, -0.2) is 9.78 Å². The topological polar surface area (TPSA) is 79.2 Å². The molecule has 1 aromatic rings. The molecule has 0 aliphatic heterocycles. The minimum absolute atomic E-state index is 0.356. The van der Waals surface area contributed by atoms with Gasteiger partial charge in [-0.2, -0.15) is 5.10 Å². The molecule has 94 valence electrons. The molecule has 6 heteroatoms. The van der Waals surface area contributed by atoms with Crippen LogP contribution in [-0.2, 0) is 17.6 Å². The Balaban J connectivity index is 3.03. The molecular formula is C11H18N4O2. The zero-order valence-electron chi connectivity index (χ0n) is 10.6. The first-order valence-corrected chi connectivity index (χ1v) is 5.69. The van der Waals surface area contributed by atoms with Crippen LogP contribution in [0.15, 0.2) is 0 Å². The van der Waals surface area contributed by atoms with E-state index in [9.17, 15) is 4.79 Å². The molecule has 1 rings (SSSR count). The summed E-state index contributed by atoms with van der Waals surface area (Å²) in [6, 6.07) is -0.672. The van der Waals surface area contributed by atoms with Crippen molar-refractivity contribution < 1.29 is 9.90 Å². The normalized spacial score (nSPS) is 12.2. The van der Waals surface area contributed by atoms with E-state index in [1.807, 2.05) is 13.8 Å². The lowest BCUT2D eigenvalue weighted by molar-refractivity contribution is -0.138. The number of carboxylic acids is 1. The van der Waals surface area contributed by atoms with E-state index in [4.69, 9.17) is 5.11 Å². The summed E-state index contributed by atoms with van der Waals surface area (Å²) < 4.78 is 0. The number of aromatic nitrogens is 3. The van der Waals surface area contributed by atoms with Gasteiger partial charge in [0.15, 0.2) is 0 Å². The second-order valence-corrected chi connectivity index (χ2v) is 3.84. The third kappa shape index (κ3) is 2.89. The van der Waals surface area contributed by atoms with Crippen LogP contribution in [0, 0.1) is 0 Å². The summed E-state index contributed by atoms with van der Waals surface area (Å²) in [5, 5.41) is 17.0. The van der Waals surface area contributed by atoms with E-state index in [2.05, 4.69) is 15.2 Å². The Hall–Kier alpha value is -1.72. The summed E-state index contributed by atoms with van der Waals surface area (Å²) in [5.41, 5.74) is 1.74. The number of anilines is 1. The van der Waals surface area contributed by atoms with Crippen LogP contribution in [0.5, 0.6) is 0 Å². The van der Waals surface area contributed by atoms with Gasteiger partial charge in [0.05, 0.1) is 11.4 Å². The number of carbonyl (C=O) groups is 1. The summed E-state index contributed by atoms with van der Waals surface area (Å²) >= 11 is 0. The summed E-state index contributed by atoms with van der Waals surface area (Å²) in [4.78, 5) is 16.7. The van der Waals surface area contributed by atoms with Crippen molar-refractivity contribution in [1.82, 2.24) is 15.2 Å². The number of aryl methyl sites for hydroxylation is 2. The van der Waals surface area contributed by atoms with Crippen LogP contribution in [0.2, 0.25) is 0 Å². The molecule has 1 unspecified atom stereocenters. The second-order valence-electron chi connectivity index (χ2n) is 3.84. The fourth-order valence-electron chi connectivity index (χ4n) is 1.42. The highest BCUT2D eigenvalue weighted by Crippen LogP contribution is 2.11. The first kappa shape index (κ1) is 13.3. The first-order valence-electron chi connectivity index (χ1n) is 5.69. The summed E-state index contributed by atoms with van der Waals surface area (Å²) in [5.74, 6) is -0.553. The third-order valence-electron chi connectivity index (χ3n) is 2.75. The third-order valence-corrected chi connectivity index (χ3v) is 2.75. The average Bonchev–Trinajstić information content (AvgIpc) is 2.35. The molecule has 0 fully saturated rings. The highest BCUT2D eigenvalue weighted by Gasteiger charge is 2.20. The van der Waals surface area contributed by atoms with Crippen molar-refractivity contribution in [2.24, 2.45) is 0 Å². The Morgan fingerprint density at radius 3 is 2.35 bits per heavy atom. The maximum Gasteiger partial charge on any atom is 0.326 e. The lowest BCUT2D eigenvalue weighted by atomic mass is 10.2. The van der Waals surface area contributed by atoms with Crippen LogP contribution >= 0.6 is 0 Å². The smallest absolute Gasteiger partial charge is 0.326 e. The van der Waals surface area contributed by atoms with Crippen LogP contribution in [0.3, 0.4) is 0 Å². The maximum absolute atomic E-state index is 10.9. The highest BCUT2D eigenvalue weighted by molar-refractivity contribution is 5.76. The van der Waals surface area contributed by atoms with Gasteiger partial charge in [0.2, 0.25) is 5.95 Å². The zero-order valence-corrected chi connectivity index (χ0v) is 10.6. The highest BCUT2D eigenvalue weighted by atomic mass is 16.4. The molecule has 6 nitrogen and oxygen atoms in total. The Morgan fingerprint density at radius 1 is 1.29 bits per heavy atom. The number of rotatable bonds is 5. The largest absolute Gasteiger partial charge is 0.480 e. The fourth-order valence-corrected chi connectivity index (χ4v) is 1.42. The van der Waals surface area contributed by atoms with E-state index in [-0.39, 0.29) is 0 Å². The molecule has 0 saturated heterocycles. The van der Waals surface area contributed by atoms with Gasteiger partial charge in [-0.1, -0.05) is 13.8 Å². The van der Waals surface area contributed by atoms with Gasteiger partial charge in [-0.05, 0) is 19.8 Å². The van der Waals surface area contributed by atoms with Crippen LogP contribution in [-0.4, -0.2) is 39.3 Å². The van der Waals surface area contributed by atoms with Crippen molar-refractivity contribution in [2.75, 3.05) is 11.9 Å². The molecule has 0 radical (unpaired) electrons. The van der Waals surface area contributed by atoms with Crippen molar-refractivity contribution in [3.63, 3.8) is 0 Å². The molecule has 0 aliphatic carbocycles. The lowest BCUT2D eigenvalue weighted by Crippen LogP contribution is -2.37. The van der Waals surface area contributed by atoms with Crippen molar-refractivity contribution in [3.05, 3.63) is 11.4 Å². The Kier molecular flexibility index (Phi) is 4.37. The van der Waals surface area contributed by atoms with Gasteiger partial charge in [0.25, 0.3) is 0 Å². The van der Waals surface area contributed by atoms with Crippen LogP contribution < -0.4 is 4.90 Å². The Bertz CT molecular complexity index is 408. The van der Waals surface area contributed by atoms with E-state index < -0.39 is 12.0 Å². The standard InChI is InChI=1S/C11H18N4O2/c1-5-8-9(6-2)13-14-11(12-8)15(4)7(3)10(16)17/h7H,5-6H2,1-4H3,(H,16,17). The predicted octanol–water partition coefficient (Wildman–Crippen LogP) is 0.906. The molecule has 1 N–H and O–H groups in total. The van der Waals surface area contributed by atoms with Crippen molar-refractivity contribution in [1.29, 1.82) is 0 Å². The monoisotopic (exact) mass is 238 g/mol. The summed E-state index contributed by atoms with van der Waals surface area (Å²) in [6.07, 6.45) is 1.54. The van der Waals surface area contributed by atoms with Crippen LogP contribution in [0.4, 0.5) is 5.95 Å². The Labute approximate surface area is 101 Å². The number of hydrogen-bond donors (Lipinski definition) is 1. The molecule has 0 bridgehead atoms. The SMILES string of the molecule is CCc1nnc(N(C)C(C)C(=O)O)nc1CC. The minimum Gasteiger partial charge on any atom is -0.480 e. The first-order chi connectivity index (χ1) is 8.01. The fraction of sp³-hybridized carbons (Fsp3) is 0.636. The molecule has 0 aromatic carbocycles. The molecule has 0 saturated carbocycles. The molecule has 17 heavy (non-hydrogen) atoms. The van der Waals surface area contributed by atoms with Crippen molar-refractivity contribution in [3.8, 4) is 0 Å². The number of aliphatic carboxylic acids is 1. The number of nitrogens with zero attached hydrogens (tertiary/aromatic N) is 4. The van der Waals surface area contributed by atoms with Gasteiger partial charge < -0.3 is 10.0 Å². The van der Waals surface area contributed by atoms with E-state index in [0.29, 0.717) is 5.95 Å². The van der Waals surface area contributed by atoms with Gasteiger partial charge in [-0.15, -0.1) is 5.10 Å². The molecule has 0 amide bonds. The lowest BCUT2D eigenvalue weighted by Gasteiger charge is -2.21. The molecule has 0 aliphatic rings.